The van der Waals surface area contributed by atoms with E-state index in [0.29, 0.717) is 10.8 Å². The van der Waals surface area contributed by atoms with Crippen molar-refractivity contribution < 1.29 is 26.9 Å². The van der Waals surface area contributed by atoms with Crippen LogP contribution in [0.2, 0.25) is 0 Å². The van der Waals surface area contributed by atoms with E-state index >= 15 is 0 Å². The molecule has 5 rings (SSSR count). The number of fused-ring (bicyclic) bond motifs is 2. The maximum atomic E-state index is 5.61. The average Bonchev–Trinajstić information content (AvgIpc) is 2.87. The van der Waals surface area contributed by atoms with Crippen LogP contribution in [0.15, 0.2) is 42.5 Å². The number of rotatable bonds is 8. The summed E-state index contributed by atoms with van der Waals surface area (Å²) >= 11 is 0. The van der Waals surface area contributed by atoms with Gasteiger partial charge >= 0.3 is 0 Å². The third kappa shape index (κ3) is 4.28. The molecule has 0 aromatic heterocycles. The van der Waals surface area contributed by atoms with E-state index in [0.717, 1.165) is 53.2 Å². The molecule has 2 aromatic rings. The minimum Gasteiger partial charge on any atom is -1.00 e. The third-order valence-corrected chi connectivity index (χ3v) is 10.6. The Morgan fingerprint density at radius 1 is 0.914 bits per heavy atom. The summed E-state index contributed by atoms with van der Waals surface area (Å²) in [5, 5.41) is 0. The first-order valence-corrected chi connectivity index (χ1v) is 13.1. The molecule has 0 aliphatic heterocycles. The highest BCUT2D eigenvalue weighted by Crippen LogP contribution is 2.78. The number of methoxy groups -OCH3 is 2. The maximum Gasteiger partial charge on any atom is 0.203 e. The van der Waals surface area contributed by atoms with Crippen molar-refractivity contribution in [1.82, 2.24) is 0 Å². The Labute approximate surface area is 219 Å². The molecule has 2 aromatic carbocycles. The second-order valence-corrected chi connectivity index (χ2v) is 11.2. The monoisotopic (exact) mass is 497 g/mol. The van der Waals surface area contributed by atoms with Crippen molar-refractivity contribution in [3.63, 3.8) is 0 Å². The van der Waals surface area contributed by atoms with Crippen LogP contribution in [0.3, 0.4) is 0 Å². The average molecular weight is 498 g/mol. The Kier molecular flexibility index (Phi) is 8.31. The minimum atomic E-state index is 0. The van der Waals surface area contributed by atoms with Crippen molar-refractivity contribution >= 4 is 11.9 Å². The largest absolute Gasteiger partial charge is 1.00 e. The number of benzene rings is 2. The molecule has 3 aliphatic carbocycles. The van der Waals surface area contributed by atoms with Crippen LogP contribution in [-0.4, -0.2) is 20.4 Å². The van der Waals surface area contributed by atoms with E-state index < -0.39 is 0 Å². The number of nitrogens with one attached hydrogen (secondary N) is 1. The fraction of sp³-hybridized carbons (Fsp3) is 0.581. The molecule has 7 atom stereocenters. The van der Waals surface area contributed by atoms with Gasteiger partial charge < -0.3 is 21.9 Å². The minimum absolute atomic E-state index is 0. The Morgan fingerprint density at radius 3 is 2.14 bits per heavy atom. The lowest BCUT2D eigenvalue weighted by atomic mass is 9.27. The van der Waals surface area contributed by atoms with Gasteiger partial charge in [0.15, 0.2) is 6.21 Å². The van der Waals surface area contributed by atoms with Crippen LogP contribution < -0.4 is 26.9 Å². The number of ether oxygens (including phenoxy) is 2. The molecule has 0 spiro atoms. The molecule has 2 bridgehead atoms. The summed E-state index contributed by atoms with van der Waals surface area (Å²) < 4.78 is 10.9. The Balaban J connectivity index is 0.00000342. The van der Waals surface area contributed by atoms with E-state index in [4.69, 9.17) is 9.47 Å². The van der Waals surface area contributed by atoms with Gasteiger partial charge in [-0.15, -0.1) is 0 Å². The fourth-order valence-corrected chi connectivity index (χ4v) is 8.28. The van der Waals surface area contributed by atoms with Crippen LogP contribution in [0, 0.1) is 40.4 Å². The molecule has 3 fully saturated rings. The Hall–Kier alpha value is -2.00. The van der Waals surface area contributed by atoms with Crippen molar-refractivity contribution in [2.24, 2.45) is 40.4 Å². The lowest BCUT2D eigenvalue weighted by Gasteiger charge is -2.78. The van der Waals surface area contributed by atoms with E-state index in [1.165, 1.54) is 24.0 Å². The van der Waals surface area contributed by atoms with Crippen LogP contribution in [0.5, 0.6) is 11.5 Å². The van der Waals surface area contributed by atoms with Crippen LogP contribution in [0.25, 0.3) is 0 Å². The van der Waals surface area contributed by atoms with Crippen LogP contribution in [-0.2, 0) is 6.42 Å². The molecule has 0 saturated heterocycles. The Bertz CT molecular complexity index is 1030. The van der Waals surface area contributed by atoms with Gasteiger partial charge in [-0.05, 0) is 89.2 Å². The fourth-order valence-electron chi connectivity index (χ4n) is 8.28. The molecule has 3 nitrogen and oxygen atoms in total. The van der Waals surface area contributed by atoms with Crippen LogP contribution in [0.1, 0.15) is 65.5 Å². The van der Waals surface area contributed by atoms with Gasteiger partial charge in [0, 0.05) is 17.7 Å². The van der Waals surface area contributed by atoms with E-state index in [1.807, 2.05) is 24.3 Å². The predicted octanol–water partition coefficient (Wildman–Crippen LogP) is 3.06. The number of aryl methyl sites for hydroxylation is 1. The summed E-state index contributed by atoms with van der Waals surface area (Å²) in [6, 6.07) is 14.5. The third-order valence-electron chi connectivity index (χ3n) is 10.6. The quantitative estimate of drug-likeness (QED) is 0.568. The van der Waals surface area contributed by atoms with Gasteiger partial charge in [-0.1, -0.05) is 48.0 Å². The summed E-state index contributed by atoms with van der Waals surface area (Å²) in [5.74, 6) is 5.70. The van der Waals surface area contributed by atoms with Crippen molar-refractivity contribution in [3.05, 3.63) is 53.6 Å². The lowest BCUT2D eigenvalue weighted by Crippen LogP contribution is -3.00. The molecular weight excluding hydrogens is 454 g/mol. The maximum absolute atomic E-state index is 5.61. The van der Waals surface area contributed by atoms with E-state index in [2.05, 4.69) is 70.9 Å². The van der Waals surface area contributed by atoms with Gasteiger partial charge in [0.25, 0.3) is 0 Å². The highest BCUT2D eigenvalue weighted by molar-refractivity contribution is 5.78. The van der Waals surface area contributed by atoms with E-state index in [-0.39, 0.29) is 12.4 Å². The molecule has 3 saturated carbocycles. The van der Waals surface area contributed by atoms with Gasteiger partial charge in [0.1, 0.15) is 11.5 Å². The molecule has 7 unspecified atom stereocenters. The molecule has 0 radical (unpaired) electrons. The summed E-state index contributed by atoms with van der Waals surface area (Å²) in [7, 11) is 3.45. The van der Waals surface area contributed by atoms with Crippen molar-refractivity contribution in [3.8, 4) is 11.5 Å². The molecule has 3 aliphatic rings. The van der Waals surface area contributed by atoms with Gasteiger partial charge in [0.05, 0.1) is 14.2 Å². The first-order valence-electron chi connectivity index (χ1n) is 13.1. The van der Waals surface area contributed by atoms with E-state index in [1.54, 1.807) is 14.2 Å². The second kappa shape index (κ2) is 10.5. The highest BCUT2D eigenvalue weighted by atomic mass is 35.5. The molecule has 4 heteroatoms. The molecule has 192 valence electrons. The first-order chi connectivity index (χ1) is 16.2. The highest BCUT2D eigenvalue weighted by Gasteiger charge is 2.72. The lowest BCUT2D eigenvalue weighted by molar-refractivity contribution is -0.346. The summed E-state index contributed by atoms with van der Waals surface area (Å²) in [6.45, 7) is 15.1. The van der Waals surface area contributed by atoms with Crippen molar-refractivity contribution in [2.75, 3.05) is 14.2 Å². The number of hydrogen-bond donors (Lipinski definition) is 1. The smallest absolute Gasteiger partial charge is 0.203 e. The predicted molar refractivity (Wildman–Crippen MR) is 141 cm³/mol. The zero-order valence-electron chi connectivity index (χ0n) is 22.8. The molecular formula is C31H44ClNO2. The summed E-state index contributed by atoms with van der Waals surface area (Å²) in [6.07, 6.45) is 5.75. The normalized spacial score (nSPS) is 33.7. The van der Waals surface area contributed by atoms with E-state index in [9.17, 15) is 0 Å². The van der Waals surface area contributed by atoms with Gasteiger partial charge in [-0.2, -0.15) is 0 Å². The van der Waals surface area contributed by atoms with Crippen LogP contribution >= 0.6 is 0 Å². The summed E-state index contributed by atoms with van der Waals surface area (Å²) in [4.78, 5) is 3.48. The van der Waals surface area contributed by atoms with Gasteiger partial charge in [-0.3, -0.25) is 0 Å². The van der Waals surface area contributed by atoms with Crippen molar-refractivity contribution in [1.29, 1.82) is 0 Å². The first kappa shape index (κ1) is 27.6. The molecule has 1 N–H and O–H groups in total. The number of hydrogen-bond acceptors (Lipinski definition) is 2. The standard InChI is InChI=1S/C31H43NO2.ClH/c1-9-29-30(6)21(3)20(2)22(4)31(29,23(30)5)17-16-24-18-28(34-8)13-10-25(24)19-32-26-11-14-27(33-7)15-12-26;/h10-15,18-23,29H,9,16-17H2,1-8H3;1H. The zero-order valence-corrected chi connectivity index (χ0v) is 23.6. The SMILES string of the molecule is CCC1C2(C)C(C)C(C)C(C)C1(CCc1cc(OC)ccc1C=[NH+]c1ccc(OC)cc1)C2C.[Cl-]. The number of halogens is 1. The van der Waals surface area contributed by atoms with Gasteiger partial charge in [-0.25, -0.2) is 4.99 Å². The summed E-state index contributed by atoms with van der Waals surface area (Å²) in [5.41, 5.74) is 4.56. The molecule has 0 amide bonds. The van der Waals surface area contributed by atoms with Crippen molar-refractivity contribution in [2.45, 2.75) is 60.8 Å². The zero-order chi connectivity index (χ0) is 24.7. The molecule has 35 heavy (non-hydrogen) atoms. The Morgan fingerprint density at radius 2 is 1.54 bits per heavy atom. The van der Waals surface area contributed by atoms with Gasteiger partial charge in [0.2, 0.25) is 5.69 Å². The van der Waals surface area contributed by atoms with Crippen LogP contribution in [0.4, 0.5) is 5.69 Å². The molecule has 0 heterocycles. The second-order valence-electron chi connectivity index (χ2n) is 11.2. The topological polar surface area (TPSA) is 32.4 Å².